The summed E-state index contributed by atoms with van der Waals surface area (Å²) in [5.74, 6) is 0.637. The molecular weight excluding hydrogens is 332 g/mol. The summed E-state index contributed by atoms with van der Waals surface area (Å²) in [6.45, 7) is 2.73. The highest BCUT2D eigenvalue weighted by atomic mass is 32.2. The Morgan fingerprint density at radius 2 is 1.88 bits per heavy atom. The molecule has 0 aliphatic carbocycles. The van der Waals surface area contributed by atoms with Gasteiger partial charge in [0.1, 0.15) is 5.37 Å². The zero-order valence-corrected chi connectivity index (χ0v) is 15.1. The quantitative estimate of drug-likeness (QED) is 0.863. The van der Waals surface area contributed by atoms with Crippen LogP contribution < -0.4 is 10.2 Å². The van der Waals surface area contributed by atoms with Crippen molar-refractivity contribution >= 4 is 29.3 Å². The van der Waals surface area contributed by atoms with Gasteiger partial charge in [-0.15, -0.1) is 11.8 Å². The lowest BCUT2D eigenvalue weighted by atomic mass is 10.1. The first-order chi connectivity index (χ1) is 12.2. The summed E-state index contributed by atoms with van der Waals surface area (Å²) < 4.78 is 0. The van der Waals surface area contributed by atoms with Crippen molar-refractivity contribution in [2.45, 2.75) is 25.1 Å². The van der Waals surface area contributed by atoms with Crippen molar-refractivity contribution in [3.05, 3.63) is 65.7 Å². The zero-order valence-electron chi connectivity index (χ0n) is 14.3. The third-order valence-corrected chi connectivity index (χ3v) is 5.32. The van der Waals surface area contributed by atoms with Gasteiger partial charge in [0.25, 0.3) is 0 Å². The first kappa shape index (κ1) is 17.5. The molecule has 1 fully saturated rings. The van der Waals surface area contributed by atoms with E-state index < -0.39 is 0 Å². The first-order valence-corrected chi connectivity index (χ1v) is 9.58. The Morgan fingerprint density at radius 1 is 1.16 bits per heavy atom. The monoisotopic (exact) mass is 354 g/mol. The van der Waals surface area contributed by atoms with Crippen LogP contribution >= 0.6 is 11.8 Å². The lowest BCUT2D eigenvalue weighted by Gasteiger charge is -2.24. The fourth-order valence-electron chi connectivity index (χ4n) is 2.85. The molecule has 5 heteroatoms. The Hall–Kier alpha value is -2.27. The van der Waals surface area contributed by atoms with E-state index in [0.29, 0.717) is 18.7 Å². The van der Waals surface area contributed by atoms with Gasteiger partial charge in [-0.1, -0.05) is 49.4 Å². The van der Waals surface area contributed by atoms with Gasteiger partial charge in [0.15, 0.2) is 0 Å². The van der Waals surface area contributed by atoms with E-state index in [1.54, 1.807) is 11.8 Å². The lowest BCUT2D eigenvalue weighted by Crippen LogP contribution is -2.28. The number of anilines is 1. The van der Waals surface area contributed by atoms with Gasteiger partial charge >= 0.3 is 0 Å². The van der Waals surface area contributed by atoms with Crippen LogP contribution in [0.1, 0.15) is 29.8 Å². The number of rotatable bonds is 6. The van der Waals surface area contributed by atoms with Gasteiger partial charge in [0.2, 0.25) is 11.8 Å². The summed E-state index contributed by atoms with van der Waals surface area (Å²) >= 11 is 1.64. The van der Waals surface area contributed by atoms with Crippen molar-refractivity contribution in [3.63, 3.8) is 0 Å². The standard InChI is InChI=1S/C20H22N2O2S/c1-2-12-21-18(23)13-15-8-10-17(11-9-15)22-19(24)14-25-20(22)16-6-4-3-5-7-16/h3-11,20H,2,12-14H2,1H3,(H,21,23). The predicted octanol–water partition coefficient (Wildman–Crippen LogP) is 3.53. The fourth-order valence-corrected chi connectivity index (χ4v) is 4.03. The molecule has 130 valence electrons. The van der Waals surface area contributed by atoms with Crippen LogP contribution in [0.3, 0.4) is 0 Å². The molecule has 25 heavy (non-hydrogen) atoms. The van der Waals surface area contributed by atoms with Crippen molar-refractivity contribution in [2.24, 2.45) is 0 Å². The fraction of sp³-hybridized carbons (Fsp3) is 0.300. The van der Waals surface area contributed by atoms with E-state index in [4.69, 9.17) is 0 Å². The second-order valence-electron chi connectivity index (χ2n) is 6.03. The number of carbonyl (C=O) groups excluding carboxylic acids is 2. The van der Waals surface area contributed by atoms with Crippen LogP contribution in [0.5, 0.6) is 0 Å². The third-order valence-electron chi connectivity index (χ3n) is 4.10. The Labute approximate surface area is 152 Å². The Kier molecular flexibility index (Phi) is 5.76. The van der Waals surface area contributed by atoms with Crippen LogP contribution in [0.25, 0.3) is 0 Å². The van der Waals surface area contributed by atoms with Crippen LogP contribution in [0.2, 0.25) is 0 Å². The molecule has 1 unspecified atom stereocenters. The Bertz CT molecular complexity index is 731. The molecule has 0 radical (unpaired) electrons. The molecule has 2 amide bonds. The highest BCUT2D eigenvalue weighted by Crippen LogP contribution is 2.41. The molecule has 1 aliphatic rings. The van der Waals surface area contributed by atoms with Crippen LogP contribution in [-0.2, 0) is 16.0 Å². The summed E-state index contributed by atoms with van der Waals surface area (Å²) in [5, 5.41) is 2.89. The normalized spacial score (nSPS) is 16.9. The number of carbonyl (C=O) groups is 2. The molecule has 0 aromatic heterocycles. The second kappa shape index (κ2) is 8.21. The Morgan fingerprint density at radius 3 is 2.56 bits per heavy atom. The molecule has 1 aliphatic heterocycles. The summed E-state index contributed by atoms with van der Waals surface area (Å²) in [6.07, 6.45) is 1.30. The van der Waals surface area contributed by atoms with Crippen molar-refractivity contribution in [1.29, 1.82) is 0 Å². The average Bonchev–Trinajstić information content (AvgIpc) is 3.03. The van der Waals surface area contributed by atoms with Gasteiger partial charge in [-0.25, -0.2) is 0 Å². The van der Waals surface area contributed by atoms with Gasteiger partial charge in [0.05, 0.1) is 12.2 Å². The largest absolute Gasteiger partial charge is 0.356 e. The molecule has 1 N–H and O–H groups in total. The number of nitrogens with zero attached hydrogens (tertiary/aromatic N) is 1. The summed E-state index contributed by atoms with van der Waals surface area (Å²) in [6, 6.07) is 17.8. The van der Waals surface area contributed by atoms with Crippen LogP contribution in [0.4, 0.5) is 5.69 Å². The maximum absolute atomic E-state index is 12.4. The number of amides is 2. The topological polar surface area (TPSA) is 49.4 Å². The van der Waals surface area contributed by atoms with E-state index in [2.05, 4.69) is 17.4 Å². The van der Waals surface area contributed by atoms with E-state index in [9.17, 15) is 9.59 Å². The number of hydrogen-bond donors (Lipinski definition) is 1. The molecular formula is C20H22N2O2S. The van der Waals surface area contributed by atoms with Crippen molar-refractivity contribution in [2.75, 3.05) is 17.2 Å². The maximum Gasteiger partial charge on any atom is 0.238 e. The number of benzene rings is 2. The van der Waals surface area contributed by atoms with Gasteiger partial charge in [-0.3, -0.25) is 14.5 Å². The SMILES string of the molecule is CCCNC(=O)Cc1ccc(N2C(=O)CSC2c2ccccc2)cc1. The minimum atomic E-state index is 0.00685. The molecule has 1 heterocycles. The van der Waals surface area contributed by atoms with Crippen molar-refractivity contribution in [1.82, 2.24) is 5.32 Å². The molecule has 1 saturated heterocycles. The van der Waals surface area contributed by atoms with Gasteiger partial charge in [-0.05, 0) is 29.7 Å². The van der Waals surface area contributed by atoms with Crippen LogP contribution in [-0.4, -0.2) is 24.1 Å². The lowest BCUT2D eigenvalue weighted by molar-refractivity contribution is -0.120. The average molecular weight is 354 g/mol. The van der Waals surface area contributed by atoms with E-state index in [1.807, 2.05) is 54.3 Å². The van der Waals surface area contributed by atoms with E-state index in [1.165, 1.54) is 0 Å². The molecule has 3 rings (SSSR count). The molecule has 0 bridgehead atoms. The molecule has 2 aromatic carbocycles. The van der Waals surface area contributed by atoms with Gasteiger partial charge < -0.3 is 5.32 Å². The summed E-state index contributed by atoms with van der Waals surface area (Å²) in [5.41, 5.74) is 2.95. The molecule has 2 aromatic rings. The number of hydrogen-bond acceptors (Lipinski definition) is 3. The van der Waals surface area contributed by atoms with E-state index >= 15 is 0 Å². The van der Waals surface area contributed by atoms with E-state index in [0.717, 1.165) is 23.2 Å². The van der Waals surface area contributed by atoms with E-state index in [-0.39, 0.29) is 17.2 Å². The molecule has 4 nitrogen and oxygen atoms in total. The highest BCUT2D eigenvalue weighted by Gasteiger charge is 2.33. The van der Waals surface area contributed by atoms with Crippen molar-refractivity contribution in [3.8, 4) is 0 Å². The number of thioether (sulfide) groups is 1. The molecule has 0 saturated carbocycles. The van der Waals surface area contributed by atoms with Crippen LogP contribution in [0.15, 0.2) is 54.6 Å². The predicted molar refractivity (Wildman–Crippen MR) is 103 cm³/mol. The summed E-state index contributed by atoms with van der Waals surface area (Å²) in [7, 11) is 0. The van der Waals surface area contributed by atoms with Gasteiger partial charge in [-0.2, -0.15) is 0 Å². The molecule has 1 atom stereocenters. The molecule has 0 spiro atoms. The third kappa shape index (κ3) is 4.23. The maximum atomic E-state index is 12.4. The summed E-state index contributed by atoms with van der Waals surface area (Å²) in [4.78, 5) is 26.1. The highest BCUT2D eigenvalue weighted by molar-refractivity contribution is 8.00. The smallest absolute Gasteiger partial charge is 0.238 e. The van der Waals surface area contributed by atoms with Crippen LogP contribution in [0, 0.1) is 0 Å². The zero-order chi connectivity index (χ0) is 17.6. The Balaban J connectivity index is 1.74. The number of nitrogens with one attached hydrogen (secondary N) is 1. The minimum Gasteiger partial charge on any atom is -0.356 e. The first-order valence-electron chi connectivity index (χ1n) is 8.53. The van der Waals surface area contributed by atoms with Crippen molar-refractivity contribution < 1.29 is 9.59 Å². The minimum absolute atomic E-state index is 0.00685. The van der Waals surface area contributed by atoms with Gasteiger partial charge in [0, 0.05) is 12.2 Å². The second-order valence-corrected chi connectivity index (χ2v) is 7.10.